The van der Waals surface area contributed by atoms with Gasteiger partial charge in [0.1, 0.15) is 0 Å². The van der Waals surface area contributed by atoms with Crippen LogP contribution < -0.4 is 0 Å². The van der Waals surface area contributed by atoms with Crippen LogP contribution in [0.5, 0.6) is 0 Å². The fourth-order valence-corrected chi connectivity index (χ4v) is 1.91. The molecule has 0 N–H and O–H groups in total. The molecule has 1 saturated heterocycles. The van der Waals surface area contributed by atoms with Crippen LogP contribution in [-0.4, -0.2) is 17.5 Å². The van der Waals surface area contributed by atoms with Crippen molar-refractivity contribution < 1.29 is 9.18 Å². The Bertz CT molecular complexity index is 98.6. The first-order valence-electron chi connectivity index (χ1n) is 2.58. The Morgan fingerprint density at radius 3 is 2.75 bits per heavy atom. The molecule has 0 aromatic heterocycles. The molecule has 3 heteroatoms. The van der Waals surface area contributed by atoms with Crippen molar-refractivity contribution in [3.63, 3.8) is 0 Å². The fourth-order valence-electron chi connectivity index (χ4n) is 0.714. The molecule has 0 spiro atoms. The van der Waals surface area contributed by atoms with E-state index in [2.05, 4.69) is 0 Å². The molecule has 1 nitrogen and oxygen atoms in total. The molecule has 1 unspecified atom stereocenters. The largest absolute Gasteiger partial charge is 0.305 e. The highest BCUT2D eigenvalue weighted by atomic mass is 32.2. The van der Waals surface area contributed by atoms with Crippen molar-refractivity contribution in [2.24, 2.45) is 5.92 Å². The summed E-state index contributed by atoms with van der Waals surface area (Å²) in [7, 11) is 0. The molecular weight excluding hydrogens is 127 g/mol. The van der Waals surface area contributed by atoms with Crippen molar-refractivity contribution >= 4 is 17.8 Å². The number of hydrogen-bond acceptors (Lipinski definition) is 2. The Morgan fingerprint density at radius 1 is 1.75 bits per heavy atom. The van der Waals surface area contributed by atoms with E-state index in [4.69, 9.17) is 0 Å². The Morgan fingerprint density at radius 2 is 2.50 bits per heavy atom. The number of thioether (sulfide) groups is 1. The van der Waals surface area contributed by atoms with Crippen LogP contribution in [-0.2, 0) is 4.79 Å². The van der Waals surface area contributed by atoms with E-state index in [-0.39, 0.29) is 5.92 Å². The van der Waals surface area contributed by atoms with Crippen LogP contribution in [0.15, 0.2) is 0 Å². The van der Waals surface area contributed by atoms with Crippen molar-refractivity contribution in [3.8, 4) is 0 Å². The molecule has 1 aliphatic rings. The van der Waals surface area contributed by atoms with Gasteiger partial charge in [0.2, 0.25) is 0 Å². The minimum Gasteiger partial charge on any atom is -0.261 e. The summed E-state index contributed by atoms with van der Waals surface area (Å²) in [5.41, 5.74) is 0. The monoisotopic (exact) mass is 134 g/mol. The maximum Gasteiger partial charge on any atom is 0.305 e. The van der Waals surface area contributed by atoms with Gasteiger partial charge in [-0.05, 0) is 12.2 Å². The predicted molar refractivity (Wildman–Crippen MR) is 31.5 cm³/mol. The maximum absolute atomic E-state index is 11.8. The van der Waals surface area contributed by atoms with Gasteiger partial charge in [-0.25, -0.2) is 0 Å². The van der Waals surface area contributed by atoms with Gasteiger partial charge < -0.3 is 0 Å². The van der Waals surface area contributed by atoms with Gasteiger partial charge in [-0.3, -0.25) is 4.79 Å². The van der Waals surface area contributed by atoms with E-state index in [1.807, 2.05) is 0 Å². The lowest BCUT2D eigenvalue weighted by molar-refractivity contribution is -0.132. The van der Waals surface area contributed by atoms with Gasteiger partial charge in [0.15, 0.2) is 0 Å². The zero-order chi connectivity index (χ0) is 5.98. The van der Waals surface area contributed by atoms with E-state index in [0.717, 1.165) is 12.2 Å². The summed E-state index contributed by atoms with van der Waals surface area (Å²) in [5, 5.41) is 0. The first-order valence-corrected chi connectivity index (χ1v) is 3.73. The molecule has 1 fully saturated rings. The van der Waals surface area contributed by atoms with Crippen LogP contribution >= 0.6 is 11.8 Å². The number of carbonyl (C=O) groups excluding carboxylic acids is 1. The van der Waals surface area contributed by atoms with Crippen molar-refractivity contribution in [3.05, 3.63) is 0 Å². The summed E-state index contributed by atoms with van der Waals surface area (Å²) < 4.78 is 11.8. The average molecular weight is 134 g/mol. The quantitative estimate of drug-likeness (QED) is 0.502. The zero-order valence-electron chi connectivity index (χ0n) is 4.39. The summed E-state index contributed by atoms with van der Waals surface area (Å²) in [4.78, 5) is 9.97. The first-order chi connectivity index (χ1) is 3.80. The van der Waals surface area contributed by atoms with Gasteiger partial charge in [0, 0.05) is 5.75 Å². The van der Waals surface area contributed by atoms with Crippen molar-refractivity contribution in [2.75, 3.05) is 11.5 Å². The summed E-state index contributed by atoms with van der Waals surface area (Å²) >= 11 is 1.65. The van der Waals surface area contributed by atoms with Crippen molar-refractivity contribution in [1.29, 1.82) is 0 Å². The fraction of sp³-hybridized carbons (Fsp3) is 0.800. The van der Waals surface area contributed by atoms with Crippen LogP contribution in [0.25, 0.3) is 0 Å². The minimum absolute atomic E-state index is 0.278. The molecule has 8 heavy (non-hydrogen) atoms. The number of carbonyl (C=O) groups is 1. The molecular formula is C5H7FOS. The SMILES string of the molecule is O=C(F)C1CCSC1. The summed E-state index contributed by atoms with van der Waals surface area (Å²) in [5.74, 6) is 1.36. The van der Waals surface area contributed by atoms with E-state index in [1.165, 1.54) is 0 Å². The molecule has 0 aromatic carbocycles. The van der Waals surface area contributed by atoms with Gasteiger partial charge in [0.05, 0.1) is 5.92 Å². The molecule has 0 amide bonds. The normalized spacial score (nSPS) is 28.4. The number of rotatable bonds is 1. The summed E-state index contributed by atoms with van der Waals surface area (Å²) in [6.07, 6.45) is 0.736. The lowest BCUT2D eigenvalue weighted by atomic mass is 10.1. The van der Waals surface area contributed by atoms with Crippen molar-refractivity contribution in [1.82, 2.24) is 0 Å². The second-order valence-electron chi connectivity index (χ2n) is 1.86. The second kappa shape index (κ2) is 2.49. The highest BCUT2D eigenvalue weighted by molar-refractivity contribution is 7.99. The summed E-state index contributed by atoms with van der Waals surface area (Å²) in [6, 6.07) is -1.13. The van der Waals surface area contributed by atoms with Crippen LogP contribution in [0.2, 0.25) is 0 Å². The first kappa shape index (κ1) is 6.08. The van der Waals surface area contributed by atoms with Gasteiger partial charge >= 0.3 is 6.04 Å². The van der Waals surface area contributed by atoms with Crippen molar-refractivity contribution in [2.45, 2.75) is 6.42 Å². The average Bonchev–Trinajstić information content (AvgIpc) is 2.12. The summed E-state index contributed by atoms with van der Waals surface area (Å²) in [6.45, 7) is 0. The van der Waals surface area contributed by atoms with Crippen LogP contribution in [0.1, 0.15) is 6.42 Å². The molecule has 0 aromatic rings. The van der Waals surface area contributed by atoms with E-state index in [9.17, 15) is 9.18 Å². The minimum atomic E-state index is -1.13. The molecule has 0 radical (unpaired) electrons. The molecule has 0 aliphatic carbocycles. The van der Waals surface area contributed by atoms with E-state index in [1.54, 1.807) is 11.8 Å². The Hall–Kier alpha value is -0.0500. The third-order valence-electron chi connectivity index (χ3n) is 1.25. The lowest BCUT2D eigenvalue weighted by Gasteiger charge is -1.94. The molecule has 1 rings (SSSR count). The van der Waals surface area contributed by atoms with Gasteiger partial charge in [-0.2, -0.15) is 16.2 Å². The molecule has 0 bridgehead atoms. The predicted octanol–water partition coefficient (Wildman–Crippen LogP) is 1.24. The standard InChI is InChI=1S/C5H7FOS/c6-5(7)4-1-2-8-3-4/h4H,1-3H2. The topological polar surface area (TPSA) is 17.1 Å². The van der Waals surface area contributed by atoms with E-state index >= 15 is 0 Å². The lowest BCUT2D eigenvalue weighted by Crippen LogP contribution is -2.06. The van der Waals surface area contributed by atoms with Gasteiger partial charge in [0.25, 0.3) is 0 Å². The van der Waals surface area contributed by atoms with E-state index < -0.39 is 6.04 Å². The second-order valence-corrected chi connectivity index (χ2v) is 3.01. The van der Waals surface area contributed by atoms with Crippen LogP contribution in [0.3, 0.4) is 0 Å². The Kier molecular flexibility index (Phi) is 1.89. The molecule has 0 saturated carbocycles. The number of halogens is 1. The molecule has 1 atom stereocenters. The molecule has 1 heterocycles. The van der Waals surface area contributed by atoms with Crippen LogP contribution in [0.4, 0.5) is 4.39 Å². The Balaban J connectivity index is 2.35. The zero-order valence-corrected chi connectivity index (χ0v) is 5.21. The molecule has 1 aliphatic heterocycles. The third-order valence-corrected chi connectivity index (χ3v) is 2.41. The van der Waals surface area contributed by atoms with Gasteiger partial charge in [-0.15, -0.1) is 0 Å². The third kappa shape index (κ3) is 1.22. The molecule has 46 valence electrons. The highest BCUT2D eigenvalue weighted by Gasteiger charge is 2.22. The Labute approximate surface area is 51.6 Å². The van der Waals surface area contributed by atoms with Gasteiger partial charge in [-0.1, -0.05) is 0 Å². The van der Waals surface area contributed by atoms with E-state index in [0.29, 0.717) is 5.75 Å². The smallest absolute Gasteiger partial charge is 0.261 e. The maximum atomic E-state index is 11.8. The van der Waals surface area contributed by atoms with Crippen LogP contribution in [0, 0.1) is 5.92 Å². The number of hydrogen-bond donors (Lipinski definition) is 0. The highest BCUT2D eigenvalue weighted by Crippen LogP contribution is 2.23.